The first-order valence-corrected chi connectivity index (χ1v) is 6.55. The molecule has 0 aliphatic heterocycles. The van der Waals surface area contributed by atoms with E-state index in [2.05, 4.69) is 11.1 Å². The van der Waals surface area contributed by atoms with E-state index in [-0.39, 0.29) is 5.15 Å². The fourth-order valence-electron chi connectivity index (χ4n) is 1.55. The fraction of sp³-hybridized carbons (Fsp3) is 0.0769. The van der Waals surface area contributed by atoms with Crippen LogP contribution in [0, 0.1) is 11.3 Å². The first kappa shape index (κ1) is 12.0. The first-order chi connectivity index (χ1) is 8.26. The molecule has 1 aromatic carbocycles. The molecule has 1 aromatic heterocycles. The largest absolute Gasteiger partial charge is 0.243 e. The van der Waals surface area contributed by atoms with Crippen molar-refractivity contribution in [3.05, 3.63) is 47.2 Å². The summed E-state index contributed by atoms with van der Waals surface area (Å²) in [5.41, 5.74) is 2.22. The van der Waals surface area contributed by atoms with Gasteiger partial charge in [0.15, 0.2) is 0 Å². The Balaban J connectivity index is 2.53. The molecule has 0 fully saturated rings. The van der Waals surface area contributed by atoms with Gasteiger partial charge in [-0.05, 0) is 30.0 Å². The summed E-state index contributed by atoms with van der Waals surface area (Å²) in [6, 6.07) is 11.9. The number of halogens is 1. The lowest BCUT2D eigenvalue weighted by atomic mass is 10.0. The molecule has 1 heterocycles. The predicted octanol–water partition coefficient (Wildman–Crippen LogP) is 4.00. The number of nitrogens with zero attached hydrogens (tertiary/aromatic N) is 2. The Morgan fingerprint density at radius 3 is 2.53 bits per heavy atom. The van der Waals surface area contributed by atoms with Crippen LogP contribution in [0.25, 0.3) is 11.1 Å². The van der Waals surface area contributed by atoms with Gasteiger partial charge in [-0.2, -0.15) is 5.26 Å². The molecule has 0 amide bonds. The molecule has 17 heavy (non-hydrogen) atoms. The number of hydrogen-bond acceptors (Lipinski definition) is 3. The Morgan fingerprint density at radius 2 is 1.94 bits per heavy atom. The average Bonchev–Trinajstić information content (AvgIpc) is 2.38. The Hall–Kier alpha value is -1.50. The summed E-state index contributed by atoms with van der Waals surface area (Å²) < 4.78 is 0. The molecule has 2 aromatic rings. The van der Waals surface area contributed by atoms with Gasteiger partial charge in [0.2, 0.25) is 0 Å². The summed E-state index contributed by atoms with van der Waals surface area (Å²) in [4.78, 5) is 5.10. The summed E-state index contributed by atoms with van der Waals surface area (Å²) in [7, 11) is 0. The van der Waals surface area contributed by atoms with Gasteiger partial charge in [0, 0.05) is 16.7 Å². The Kier molecular flexibility index (Phi) is 3.68. The van der Waals surface area contributed by atoms with Gasteiger partial charge in [-0.25, -0.2) is 4.98 Å². The molecule has 2 nitrogen and oxygen atoms in total. The zero-order chi connectivity index (χ0) is 12.3. The van der Waals surface area contributed by atoms with Gasteiger partial charge in [-0.15, -0.1) is 11.8 Å². The second-order valence-electron chi connectivity index (χ2n) is 3.36. The third kappa shape index (κ3) is 2.44. The zero-order valence-corrected chi connectivity index (χ0v) is 10.7. The molecule has 2 rings (SSSR count). The van der Waals surface area contributed by atoms with Gasteiger partial charge in [-0.1, -0.05) is 23.7 Å². The van der Waals surface area contributed by atoms with Crippen LogP contribution in [0.2, 0.25) is 5.15 Å². The molecule has 0 saturated carbocycles. The molecular weight excluding hydrogens is 252 g/mol. The van der Waals surface area contributed by atoms with Gasteiger partial charge in [0.05, 0.1) is 5.56 Å². The quantitative estimate of drug-likeness (QED) is 0.605. The van der Waals surface area contributed by atoms with E-state index < -0.39 is 0 Å². The lowest BCUT2D eigenvalue weighted by Crippen LogP contribution is -1.88. The molecule has 0 aliphatic rings. The van der Waals surface area contributed by atoms with Crippen molar-refractivity contribution in [2.24, 2.45) is 0 Å². The maximum Gasteiger partial charge on any atom is 0.147 e. The third-order valence-electron chi connectivity index (χ3n) is 2.42. The lowest BCUT2D eigenvalue weighted by molar-refractivity contribution is 1.30. The predicted molar refractivity (Wildman–Crippen MR) is 71.2 cm³/mol. The maximum absolute atomic E-state index is 9.08. The highest BCUT2D eigenvalue weighted by Crippen LogP contribution is 2.28. The van der Waals surface area contributed by atoms with Crippen molar-refractivity contribution in [2.45, 2.75) is 4.90 Å². The number of pyridine rings is 1. The smallest absolute Gasteiger partial charge is 0.147 e. The van der Waals surface area contributed by atoms with Crippen LogP contribution < -0.4 is 0 Å². The van der Waals surface area contributed by atoms with Crippen LogP contribution in [0.15, 0.2) is 41.4 Å². The minimum absolute atomic E-state index is 0.249. The minimum Gasteiger partial charge on any atom is -0.243 e. The van der Waals surface area contributed by atoms with Crippen molar-refractivity contribution in [3.63, 3.8) is 0 Å². The van der Waals surface area contributed by atoms with Crippen LogP contribution in [-0.2, 0) is 0 Å². The second kappa shape index (κ2) is 5.22. The molecule has 84 valence electrons. The highest BCUT2D eigenvalue weighted by Gasteiger charge is 2.09. The number of nitriles is 1. The molecule has 0 saturated heterocycles. The van der Waals surface area contributed by atoms with Crippen molar-refractivity contribution in [1.29, 1.82) is 5.26 Å². The first-order valence-electron chi connectivity index (χ1n) is 4.95. The summed E-state index contributed by atoms with van der Waals surface area (Å²) in [6.45, 7) is 0. The van der Waals surface area contributed by atoms with Gasteiger partial charge in [-0.3, -0.25) is 0 Å². The van der Waals surface area contributed by atoms with Crippen molar-refractivity contribution in [2.75, 3.05) is 6.26 Å². The van der Waals surface area contributed by atoms with Gasteiger partial charge in [0.25, 0.3) is 0 Å². The number of benzene rings is 1. The van der Waals surface area contributed by atoms with Crippen molar-refractivity contribution in [1.82, 2.24) is 4.98 Å². The van der Waals surface area contributed by atoms with Gasteiger partial charge in [0.1, 0.15) is 11.2 Å². The highest BCUT2D eigenvalue weighted by atomic mass is 35.5. The molecule has 0 N–H and O–H groups in total. The maximum atomic E-state index is 9.08. The molecular formula is C13H9ClN2S. The zero-order valence-electron chi connectivity index (χ0n) is 9.14. The third-order valence-corrected chi connectivity index (χ3v) is 3.45. The molecule has 0 atom stereocenters. The van der Waals surface area contributed by atoms with E-state index in [1.807, 2.05) is 30.5 Å². The van der Waals surface area contributed by atoms with E-state index >= 15 is 0 Å². The van der Waals surface area contributed by atoms with Crippen LogP contribution in [0.1, 0.15) is 5.56 Å². The topological polar surface area (TPSA) is 36.7 Å². The van der Waals surface area contributed by atoms with Crippen LogP contribution in [0.4, 0.5) is 0 Å². The molecule has 0 aliphatic carbocycles. The number of thioether (sulfide) groups is 1. The van der Waals surface area contributed by atoms with E-state index in [9.17, 15) is 0 Å². The average molecular weight is 261 g/mol. The molecule has 0 unspecified atom stereocenters. The van der Waals surface area contributed by atoms with Crippen LogP contribution in [-0.4, -0.2) is 11.2 Å². The van der Waals surface area contributed by atoms with Crippen LogP contribution >= 0.6 is 23.4 Å². The van der Waals surface area contributed by atoms with Crippen LogP contribution in [0.5, 0.6) is 0 Å². The number of hydrogen-bond donors (Lipinski definition) is 0. The van der Waals surface area contributed by atoms with Crippen molar-refractivity contribution >= 4 is 23.4 Å². The Morgan fingerprint density at radius 1 is 1.24 bits per heavy atom. The summed E-state index contributed by atoms with van der Waals surface area (Å²) in [6.07, 6.45) is 3.64. The summed E-state index contributed by atoms with van der Waals surface area (Å²) in [5.74, 6) is 0. The SMILES string of the molecule is CSc1ccc(-c2ccnc(Cl)c2C#N)cc1. The Bertz CT molecular complexity index is 573. The highest BCUT2D eigenvalue weighted by molar-refractivity contribution is 7.98. The molecule has 4 heteroatoms. The second-order valence-corrected chi connectivity index (χ2v) is 4.60. The van der Waals surface area contributed by atoms with E-state index in [1.165, 1.54) is 4.90 Å². The Labute approximate surface area is 109 Å². The molecule has 0 bridgehead atoms. The standard InChI is InChI=1S/C13H9ClN2S/c1-17-10-4-2-9(3-5-10)11-6-7-16-13(14)12(11)8-15/h2-7H,1H3. The van der Waals surface area contributed by atoms with E-state index in [1.54, 1.807) is 24.0 Å². The summed E-state index contributed by atoms with van der Waals surface area (Å²) >= 11 is 7.58. The minimum atomic E-state index is 0.249. The number of rotatable bonds is 2. The van der Waals surface area contributed by atoms with E-state index in [4.69, 9.17) is 16.9 Å². The van der Waals surface area contributed by atoms with Gasteiger partial charge >= 0.3 is 0 Å². The van der Waals surface area contributed by atoms with Crippen molar-refractivity contribution in [3.8, 4) is 17.2 Å². The van der Waals surface area contributed by atoms with Gasteiger partial charge < -0.3 is 0 Å². The molecule has 0 radical (unpaired) electrons. The normalized spacial score (nSPS) is 9.94. The monoisotopic (exact) mass is 260 g/mol. The van der Waals surface area contributed by atoms with E-state index in [0.717, 1.165) is 11.1 Å². The van der Waals surface area contributed by atoms with Crippen LogP contribution in [0.3, 0.4) is 0 Å². The molecule has 0 spiro atoms. The fourth-order valence-corrected chi connectivity index (χ4v) is 2.16. The van der Waals surface area contributed by atoms with Crippen molar-refractivity contribution < 1.29 is 0 Å². The summed E-state index contributed by atoms with van der Waals surface area (Å²) in [5, 5.41) is 9.33. The lowest BCUT2D eigenvalue weighted by Gasteiger charge is -2.05. The van der Waals surface area contributed by atoms with E-state index in [0.29, 0.717) is 5.56 Å². The number of aromatic nitrogens is 1.